The van der Waals surface area contributed by atoms with Crippen LogP contribution in [0.1, 0.15) is 71.6 Å². The molecule has 0 fully saturated rings. The molecule has 0 aliphatic carbocycles. The second kappa shape index (κ2) is 11.7. The molecule has 0 rings (SSSR count). The molecule has 0 aliphatic heterocycles. The lowest BCUT2D eigenvalue weighted by Gasteiger charge is -1.97. The molecule has 0 radical (unpaired) electrons. The Morgan fingerprint density at radius 1 is 0.615 bits per heavy atom. The van der Waals surface area contributed by atoms with Crippen molar-refractivity contribution in [2.75, 3.05) is 0 Å². The van der Waals surface area contributed by atoms with Gasteiger partial charge in [0.2, 0.25) is 0 Å². The van der Waals surface area contributed by atoms with Crippen molar-refractivity contribution >= 4 is 0 Å². The Balaban J connectivity index is 2.91. The molecule has 0 saturated heterocycles. The van der Waals surface area contributed by atoms with Gasteiger partial charge in [-0.3, -0.25) is 0 Å². The minimum Gasteiger partial charge on any atom is -0.0885 e. The Kier molecular flexibility index (Phi) is 11.5. The van der Waals surface area contributed by atoms with Crippen molar-refractivity contribution in [3.8, 4) is 0 Å². The third-order valence-electron chi connectivity index (χ3n) is 2.35. The molecule has 0 heterocycles. The van der Waals surface area contributed by atoms with Crippen molar-refractivity contribution in [3.63, 3.8) is 0 Å². The third kappa shape index (κ3) is 11.7. The predicted molar refractivity (Wildman–Crippen MR) is 62.0 cm³/mol. The predicted octanol–water partition coefficient (Wildman–Crippen LogP) is 5.09. The highest BCUT2D eigenvalue weighted by Crippen LogP contribution is 2.07. The van der Waals surface area contributed by atoms with E-state index in [0.717, 1.165) is 0 Å². The molecule has 0 aromatic heterocycles. The Morgan fingerprint density at radius 3 is 1.92 bits per heavy atom. The maximum absolute atomic E-state index is 2.35. The number of allylic oxidation sites excluding steroid dienone is 2. The van der Waals surface area contributed by atoms with Gasteiger partial charge in [0.05, 0.1) is 0 Å². The normalized spacial score (nSPS) is 11.2. The monoisotopic (exact) mass is 182 g/mol. The first-order chi connectivity index (χ1) is 6.41. The Morgan fingerprint density at radius 2 is 1.23 bits per heavy atom. The van der Waals surface area contributed by atoms with Gasteiger partial charge in [0.15, 0.2) is 0 Å². The van der Waals surface area contributed by atoms with Crippen LogP contribution in [-0.2, 0) is 0 Å². The highest BCUT2D eigenvalue weighted by Gasteiger charge is 1.87. The van der Waals surface area contributed by atoms with E-state index in [2.05, 4.69) is 26.0 Å². The Hall–Kier alpha value is -0.260. The second-order valence-corrected chi connectivity index (χ2v) is 3.82. The van der Waals surface area contributed by atoms with Gasteiger partial charge in [-0.2, -0.15) is 0 Å². The van der Waals surface area contributed by atoms with Crippen molar-refractivity contribution in [2.45, 2.75) is 71.6 Å². The summed E-state index contributed by atoms with van der Waals surface area (Å²) in [5.74, 6) is 0. The fourth-order valence-electron chi connectivity index (χ4n) is 1.44. The van der Waals surface area contributed by atoms with E-state index in [1.165, 1.54) is 57.8 Å². The average molecular weight is 182 g/mol. The van der Waals surface area contributed by atoms with Crippen LogP contribution in [0.2, 0.25) is 0 Å². The molecule has 0 aromatic carbocycles. The van der Waals surface area contributed by atoms with Crippen LogP contribution in [0.4, 0.5) is 0 Å². The summed E-state index contributed by atoms with van der Waals surface area (Å²) in [6, 6.07) is 0. The molecule has 0 bridgehead atoms. The lowest BCUT2D eigenvalue weighted by molar-refractivity contribution is 0.611. The van der Waals surface area contributed by atoms with Gasteiger partial charge in [-0.05, 0) is 19.3 Å². The lowest BCUT2D eigenvalue weighted by Crippen LogP contribution is -1.77. The first-order valence-corrected chi connectivity index (χ1v) is 6.06. The fourth-order valence-corrected chi connectivity index (χ4v) is 1.44. The van der Waals surface area contributed by atoms with Gasteiger partial charge in [-0.1, -0.05) is 64.5 Å². The molecule has 0 heteroatoms. The van der Waals surface area contributed by atoms with Crippen LogP contribution in [-0.4, -0.2) is 0 Å². The molecule has 0 amide bonds. The van der Waals surface area contributed by atoms with E-state index in [0.29, 0.717) is 0 Å². The molecule has 13 heavy (non-hydrogen) atoms. The Bertz CT molecular complexity index is 103. The van der Waals surface area contributed by atoms with E-state index in [9.17, 15) is 0 Å². The molecule has 0 atom stereocenters. The van der Waals surface area contributed by atoms with E-state index in [1.807, 2.05) is 0 Å². The molecule has 0 saturated carbocycles. The van der Waals surface area contributed by atoms with Crippen LogP contribution < -0.4 is 0 Å². The molecule has 0 N–H and O–H groups in total. The fraction of sp³-hybridized carbons (Fsp3) is 0.846. The summed E-state index contributed by atoms with van der Waals surface area (Å²) in [5.41, 5.74) is 0. The summed E-state index contributed by atoms with van der Waals surface area (Å²) in [5, 5.41) is 0. The maximum Gasteiger partial charge on any atom is -0.0351 e. The van der Waals surface area contributed by atoms with E-state index in [-0.39, 0.29) is 0 Å². The summed E-state index contributed by atoms with van der Waals surface area (Å²) in [6.07, 6.45) is 17.0. The molecule has 0 spiro atoms. The van der Waals surface area contributed by atoms with E-state index in [4.69, 9.17) is 0 Å². The number of rotatable bonds is 9. The van der Waals surface area contributed by atoms with Crippen LogP contribution in [0.25, 0.3) is 0 Å². The average Bonchev–Trinajstić information content (AvgIpc) is 2.16. The largest absolute Gasteiger partial charge is 0.0885 e. The van der Waals surface area contributed by atoms with Gasteiger partial charge in [-0.25, -0.2) is 0 Å². The molecule has 0 aromatic rings. The van der Waals surface area contributed by atoms with Gasteiger partial charge in [0, 0.05) is 0 Å². The molecular formula is C13H26. The van der Waals surface area contributed by atoms with Crippen molar-refractivity contribution in [1.29, 1.82) is 0 Å². The quantitative estimate of drug-likeness (QED) is 0.344. The van der Waals surface area contributed by atoms with E-state index < -0.39 is 0 Å². The highest BCUT2D eigenvalue weighted by atomic mass is 13.9. The first-order valence-electron chi connectivity index (χ1n) is 6.06. The molecule has 0 nitrogen and oxygen atoms in total. The summed E-state index contributed by atoms with van der Waals surface area (Å²) >= 11 is 0. The van der Waals surface area contributed by atoms with Crippen molar-refractivity contribution < 1.29 is 0 Å². The molecule has 0 aliphatic rings. The standard InChI is InChI=1S/C13H26/c1-3-5-7-9-11-13-12-10-8-6-4-2/h7,9H,3-6,8,10-13H2,1-2H3/b9-7-. The van der Waals surface area contributed by atoms with Crippen LogP contribution >= 0.6 is 0 Å². The number of hydrogen-bond donors (Lipinski definition) is 0. The minimum absolute atomic E-state index is 1.26. The minimum atomic E-state index is 1.26. The smallest absolute Gasteiger partial charge is 0.0351 e. The SMILES string of the molecule is CCC/C=C\CCCCCCCC. The highest BCUT2D eigenvalue weighted by molar-refractivity contribution is 4.80. The van der Waals surface area contributed by atoms with Crippen LogP contribution in [0.15, 0.2) is 12.2 Å². The van der Waals surface area contributed by atoms with Gasteiger partial charge in [0.1, 0.15) is 0 Å². The van der Waals surface area contributed by atoms with E-state index in [1.54, 1.807) is 0 Å². The van der Waals surface area contributed by atoms with Gasteiger partial charge in [-0.15, -0.1) is 0 Å². The zero-order valence-corrected chi connectivity index (χ0v) is 9.52. The second-order valence-electron chi connectivity index (χ2n) is 3.82. The summed E-state index contributed by atoms with van der Waals surface area (Å²) in [7, 11) is 0. The lowest BCUT2D eigenvalue weighted by atomic mass is 10.1. The zero-order valence-electron chi connectivity index (χ0n) is 9.52. The van der Waals surface area contributed by atoms with Gasteiger partial charge < -0.3 is 0 Å². The van der Waals surface area contributed by atoms with Crippen molar-refractivity contribution in [3.05, 3.63) is 12.2 Å². The van der Waals surface area contributed by atoms with Crippen molar-refractivity contribution in [1.82, 2.24) is 0 Å². The first kappa shape index (κ1) is 12.7. The summed E-state index contributed by atoms with van der Waals surface area (Å²) < 4.78 is 0. The Labute approximate surface area is 84.4 Å². The molecule has 0 unspecified atom stereocenters. The summed E-state index contributed by atoms with van der Waals surface area (Å²) in [6.45, 7) is 4.50. The van der Waals surface area contributed by atoms with Gasteiger partial charge >= 0.3 is 0 Å². The molecular weight excluding hydrogens is 156 g/mol. The number of hydrogen-bond acceptors (Lipinski definition) is 0. The van der Waals surface area contributed by atoms with Gasteiger partial charge in [0.25, 0.3) is 0 Å². The van der Waals surface area contributed by atoms with Crippen molar-refractivity contribution in [2.24, 2.45) is 0 Å². The van der Waals surface area contributed by atoms with E-state index >= 15 is 0 Å². The maximum atomic E-state index is 2.35. The van der Waals surface area contributed by atoms with Crippen LogP contribution in [0.3, 0.4) is 0 Å². The van der Waals surface area contributed by atoms with Crippen LogP contribution in [0.5, 0.6) is 0 Å². The summed E-state index contributed by atoms with van der Waals surface area (Å²) in [4.78, 5) is 0. The number of unbranched alkanes of at least 4 members (excludes halogenated alkanes) is 7. The molecule has 78 valence electrons. The zero-order chi connectivity index (χ0) is 9.78. The third-order valence-corrected chi connectivity index (χ3v) is 2.35. The van der Waals surface area contributed by atoms with Crippen LogP contribution in [0, 0.1) is 0 Å². The topological polar surface area (TPSA) is 0 Å².